The zero-order valence-electron chi connectivity index (χ0n) is 9.45. The highest BCUT2D eigenvalue weighted by Gasteiger charge is 2.21. The summed E-state index contributed by atoms with van der Waals surface area (Å²) in [5.74, 6) is 0. The number of hydrogen-bond donors (Lipinski definition) is 2. The van der Waals surface area contributed by atoms with Crippen LogP contribution in [0.15, 0.2) is 23.1 Å². The molecule has 1 aliphatic carbocycles. The predicted molar refractivity (Wildman–Crippen MR) is 64.1 cm³/mol. The van der Waals surface area contributed by atoms with Crippen LogP contribution < -0.4 is 10.0 Å². The first-order valence-corrected chi connectivity index (χ1v) is 6.82. The van der Waals surface area contributed by atoms with Crippen LogP contribution >= 0.6 is 0 Å². The van der Waals surface area contributed by atoms with Gasteiger partial charge >= 0.3 is 0 Å². The number of sulfonamides is 1. The SMILES string of the molecule is CNS(=O)(=O)c1ccc(NC2CC2)c(C)c1. The summed E-state index contributed by atoms with van der Waals surface area (Å²) >= 11 is 0. The molecular weight excluding hydrogens is 224 g/mol. The molecule has 16 heavy (non-hydrogen) atoms. The maximum Gasteiger partial charge on any atom is 0.240 e. The Bertz CT molecular complexity index is 493. The predicted octanol–water partition coefficient (Wildman–Crippen LogP) is 1.48. The average molecular weight is 240 g/mol. The van der Waals surface area contributed by atoms with Crippen LogP contribution in [-0.4, -0.2) is 21.5 Å². The van der Waals surface area contributed by atoms with Gasteiger partial charge in [0.15, 0.2) is 0 Å². The Morgan fingerprint density at radius 3 is 2.50 bits per heavy atom. The first-order valence-electron chi connectivity index (χ1n) is 5.33. The Morgan fingerprint density at radius 2 is 2.00 bits per heavy atom. The quantitative estimate of drug-likeness (QED) is 0.838. The van der Waals surface area contributed by atoms with Gasteiger partial charge in [0.1, 0.15) is 0 Å². The largest absolute Gasteiger partial charge is 0.382 e. The lowest BCUT2D eigenvalue weighted by atomic mass is 10.2. The zero-order valence-corrected chi connectivity index (χ0v) is 10.3. The minimum Gasteiger partial charge on any atom is -0.382 e. The van der Waals surface area contributed by atoms with Crippen molar-refractivity contribution >= 4 is 15.7 Å². The second-order valence-electron chi connectivity index (χ2n) is 4.10. The fourth-order valence-corrected chi connectivity index (χ4v) is 2.35. The van der Waals surface area contributed by atoms with Crippen molar-refractivity contribution in [3.63, 3.8) is 0 Å². The van der Waals surface area contributed by atoms with Crippen LogP contribution in [0.1, 0.15) is 18.4 Å². The van der Waals surface area contributed by atoms with Crippen LogP contribution in [0.3, 0.4) is 0 Å². The number of rotatable bonds is 4. The summed E-state index contributed by atoms with van der Waals surface area (Å²) < 4.78 is 25.4. The highest BCUT2D eigenvalue weighted by molar-refractivity contribution is 7.89. The van der Waals surface area contributed by atoms with Gasteiger partial charge in [0.05, 0.1) is 4.90 Å². The number of nitrogens with one attached hydrogen (secondary N) is 2. The molecule has 1 fully saturated rings. The van der Waals surface area contributed by atoms with Gasteiger partial charge in [-0.25, -0.2) is 13.1 Å². The van der Waals surface area contributed by atoms with Gasteiger partial charge in [-0.05, 0) is 50.6 Å². The Labute approximate surface area is 96.1 Å². The number of hydrogen-bond acceptors (Lipinski definition) is 3. The topological polar surface area (TPSA) is 58.2 Å². The van der Waals surface area contributed by atoms with Gasteiger partial charge < -0.3 is 5.32 Å². The molecule has 5 heteroatoms. The molecule has 0 bridgehead atoms. The third kappa shape index (κ3) is 2.36. The number of anilines is 1. The third-order valence-electron chi connectivity index (χ3n) is 2.71. The van der Waals surface area contributed by atoms with Gasteiger partial charge in [-0.1, -0.05) is 0 Å². The van der Waals surface area contributed by atoms with Crippen molar-refractivity contribution in [2.24, 2.45) is 0 Å². The molecule has 1 aliphatic rings. The number of benzene rings is 1. The van der Waals surface area contributed by atoms with Crippen molar-refractivity contribution in [3.8, 4) is 0 Å². The van der Waals surface area contributed by atoms with Crippen LogP contribution in [0.4, 0.5) is 5.69 Å². The van der Waals surface area contributed by atoms with E-state index < -0.39 is 10.0 Å². The van der Waals surface area contributed by atoms with Crippen molar-refractivity contribution < 1.29 is 8.42 Å². The lowest BCUT2D eigenvalue weighted by Crippen LogP contribution is -2.18. The molecule has 0 atom stereocenters. The minimum absolute atomic E-state index is 0.314. The van der Waals surface area contributed by atoms with E-state index >= 15 is 0 Å². The molecule has 88 valence electrons. The standard InChI is InChI=1S/C11H16N2O2S/c1-8-7-10(16(14,15)12-2)5-6-11(8)13-9-3-4-9/h5-7,9,12-13H,3-4H2,1-2H3. The molecule has 2 N–H and O–H groups in total. The Morgan fingerprint density at radius 1 is 1.31 bits per heavy atom. The number of aryl methyl sites for hydroxylation is 1. The van der Waals surface area contributed by atoms with Crippen LogP contribution in [0, 0.1) is 6.92 Å². The van der Waals surface area contributed by atoms with Crippen LogP contribution in [0.5, 0.6) is 0 Å². The molecule has 4 nitrogen and oxygen atoms in total. The monoisotopic (exact) mass is 240 g/mol. The molecule has 0 aromatic heterocycles. The lowest BCUT2D eigenvalue weighted by molar-refractivity contribution is 0.588. The van der Waals surface area contributed by atoms with E-state index in [1.54, 1.807) is 12.1 Å². The highest BCUT2D eigenvalue weighted by Crippen LogP contribution is 2.27. The van der Waals surface area contributed by atoms with E-state index in [-0.39, 0.29) is 0 Å². The molecule has 0 aliphatic heterocycles. The Kier molecular flexibility index (Phi) is 2.90. The Hall–Kier alpha value is -1.07. The van der Waals surface area contributed by atoms with Gasteiger partial charge in [-0.2, -0.15) is 0 Å². The summed E-state index contributed by atoms with van der Waals surface area (Å²) in [4.78, 5) is 0.314. The van der Waals surface area contributed by atoms with E-state index in [9.17, 15) is 8.42 Å². The third-order valence-corrected chi connectivity index (χ3v) is 4.13. The van der Waals surface area contributed by atoms with E-state index in [1.165, 1.54) is 19.9 Å². The molecule has 1 aromatic carbocycles. The van der Waals surface area contributed by atoms with Crippen molar-refractivity contribution in [1.82, 2.24) is 4.72 Å². The van der Waals surface area contributed by atoms with Crippen LogP contribution in [0.2, 0.25) is 0 Å². The molecule has 0 radical (unpaired) electrons. The smallest absolute Gasteiger partial charge is 0.240 e. The summed E-state index contributed by atoms with van der Waals surface area (Å²) in [6.07, 6.45) is 2.41. The molecular formula is C11H16N2O2S. The van der Waals surface area contributed by atoms with Crippen molar-refractivity contribution in [1.29, 1.82) is 0 Å². The van der Waals surface area contributed by atoms with Crippen molar-refractivity contribution in [3.05, 3.63) is 23.8 Å². The fourth-order valence-electron chi connectivity index (χ4n) is 1.53. The summed E-state index contributed by atoms with van der Waals surface area (Å²) in [5, 5.41) is 3.37. The highest BCUT2D eigenvalue weighted by atomic mass is 32.2. The van der Waals surface area contributed by atoms with Crippen LogP contribution in [-0.2, 0) is 10.0 Å². The van der Waals surface area contributed by atoms with Gasteiger partial charge in [0.2, 0.25) is 10.0 Å². The van der Waals surface area contributed by atoms with Gasteiger partial charge in [0.25, 0.3) is 0 Å². The second-order valence-corrected chi connectivity index (χ2v) is 5.99. The summed E-state index contributed by atoms with van der Waals surface area (Å²) in [5.41, 5.74) is 1.99. The minimum atomic E-state index is -3.33. The lowest BCUT2D eigenvalue weighted by Gasteiger charge is -2.10. The van der Waals surface area contributed by atoms with Crippen molar-refractivity contribution in [2.75, 3.05) is 12.4 Å². The van der Waals surface area contributed by atoms with E-state index in [0.717, 1.165) is 11.3 Å². The maximum atomic E-state index is 11.6. The van der Waals surface area contributed by atoms with E-state index in [1.807, 2.05) is 13.0 Å². The van der Waals surface area contributed by atoms with Crippen LogP contribution in [0.25, 0.3) is 0 Å². The van der Waals surface area contributed by atoms with Gasteiger partial charge in [0, 0.05) is 11.7 Å². The molecule has 0 amide bonds. The van der Waals surface area contributed by atoms with E-state index in [2.05, 4.69) is 10.0 Å². The molecule has 0 spiro atoms. The van der Waals surface area contributed by atoms with Gasteiger partial charge in [-0.15, -0.1) is 0 Å². The summed E-state index contributed by atoms with van der Waals surface area (Å²) in [6.45, 7) is 1.92. The first-order chi connectivity index (χ1) is 7.53. The normalized spacial score (nSPS) is 16.1. The summed E-state index contributed by atoms with van der Waals surface area (Å²) in [7, 11) is -1.91. The summed E-state index contributed by atoms with van der Waals surface area (Å²) in [6, 6.07) is 5.73. The molecule has 0 saturated heterocycles. The Balaban J connectivity index is 2.28. The molecule has 2 rings (SSSR count). The van der Waals surface area contributed by atoms with Crippen molar-refractivity contribution in [2.45, 2.75) is 30.7 Å². The molecule has 1 saturated carbocycles. The molecule has 0 unspecified atom stereocenters. The van der Waals surface area contributed by atoms with Gasteiger partial charge in [-0.3, -0.25) is 0 Å². The van der Waals surface area contributed by atoms with E-state index in [0.29, 0.717) is 10.9 Å². The second kappa shape index (κ2) is 4.07. The average Bonchev–Trinajstić information content (AvgIpc) is 3.05. The molecule has 1 aromatic rings. The maximum absolute atomic E-state index is 11.6. The molecule has 0 heterocycles. The first kappa shape index (κ1) is 11.4. The zero-order chi connectivity index (χ0) is 11.8. The fraction of sp³-hybridized carbons (Fsp3) is 0.455. The van der Waals surface area contributed by atoms with E-state index in [4.69, 9.17) is 0 Å².